The van der Waals surface area contributed by atoms with Gasteiger partial charge in [0.15, 0.2) is 0 Å². The Morgan fingerprint density at radius 1 is 0.500 bits per heavy atom. The van der Waals surface area contributed by atoms with Gasteiger partial charge in [-0.3, -0.25) is 0 Å². The normalized spacial score (nSPS) is 17.4. The second-order valence-corrected chi connectivity index (χ2v) is 15.3. The van der Waals surface area contributed by atoms with Crippen LogP contribution in [0.1, 0.15) is 5.56 Å². The maximum absolute atomic E-state index is 2.73. The third-order valence-electron chi connectivity index (χ3n) is 10.6. The number of hydrogen-bond donors (Lipinski definition) is 0. The molecular formula is C48H34IN3. The van der Waals surface area contributed by atoms with E-state index >= 15 is 0 Å². The number of allylic oxidation sites excluding steroid dienone is 2. The molecule has 2 aliphatic rings. The van der Waals surface area contributed by atoms with Crippen LogP contribution in [0.2, 0.25) is 0 Å². The fourth-order valence-corrected chi connectivity index (χ4v) is 9.51. The quantitative estimate of drug-likeness (QED) is 0.123. The minimum Gasteiger partial charge on any atom is -0.332 e. The van der Waals surface area contributed by atoms with Crippen LogP contribution in [-0.4, -0.2) is 10.6 Å². The number of nitrogens with zero attached hydrogens (tertiary/aromatic N) is 3. The molecule has 0 fully saturated rings. The molecule has 52 heavy (non-hydrogen) atoms. The number of rotatable bonds is 6. The molecule has 0 N–H and O–H groups in total. The number of fused-ring (bicyclic) bond motifs is 7. The number of hydrogen-bond acceptors (Lipinski definition) is 2. The molecule has 2 unspecified atom stereocenters. The lowest BCUT2D eigenvalue weighted by Crippen LogP contribution is -2.37. The predicted octanol–water partition coefficient (Wildman–Crippen LogP) is 13.2. The molecule has 1 aromatic heterocycles. The lowest BCUT2D eigenvalue weighted by Gasteiger charge is -2.33. The molecule has 0 spiro atoms. The first kappa shape index (κ1) is 30.9. The standard InChI is InChI=1S/C48H34IN3/c49-48-33-13-12-22-45(48)52(40-29-27-38(28-30-40)50(36-16-6-2-7-17-36)37-18-8-3-9-19-37)44-32-31-43-46(47(44)48)41-20-10-11-21-42(41)51(43)39-25-23-35(24-26-39)34-14-4-1-5-15-34/h1-33,45H. The van der Waals surface area contributed by atoms with Crippen molar-refractivity contribution in [3.8, 4) is 16.8 Å². The van der Waals surface area contributed by atoms with E-state index in [1.165, 1.54) is 49.9 Å². The minimum atomic E-state index is -0.258. The summed E-state index contributed by atoms with van der Waals surface area (Å²) < 4.78 is 2.18. The number of aromatic nitrogens is 1. The highest BCUT2D eigenvalue weighted by Gasteiger charge is 2.49. The maximum atomic E-state index is 2.73. The van der Waals surface area contributed by atoms with Gasteiger partial charge in [0.2, 0.25) is 0 Å². The van der Waals surface area contributed by atoms with Crippen LogP contribution in [0, 0.1) is 0 Å². The van der Waals surface area contributed by atoms with Crippen molar-refractivity contribution in [3.63, 3.8) is 0 Å². The molecule has 0 amide bonds. The van der Waals surface area contributed by atoms with Crippen molar-refractivity contribution in [1.29, 1.82) is 0 Å². The Kier molecular flexibility index (Phi) is 7.39. The van der Waals surface area contributed by atoms with Gasteiger partial charge in [-0.05, 0) is 90.0 Å². The third-order valence-corrected chi connectivity index (χ3v) is 12.1. The Hall–Kier alpha value is -5.85. The Morgan fingerprint density at radius 3 is 1.77 bits per heavy atom. The van der Waals surface area contributed by atoms with E-state index in [0.29, 0.717) is 0 Å². The summed E-state index contributed by atoms with van der Waals surface area (Å²) in [7, 11) is 0. The summed E-state index contributed by atoms with van der Waals surface area (Å²) in [6.07, 6.45) is 9.19. The number of halogens is 1. The largest absolute Gasteiger partial charge is 0.332 e. The molecule has 10 rings (SSSR count). The number of anilines is 5. The van der Waals surface area contributed by atoms with Crippen molar-refractivity contribution in [2.75, 3.05) is 9.80 Å². The highest BCUT2D eigenvalue weighted by molar-refractivity contribution is 14.1. The van der Waals surface area contributed by atoms with Gasteiger partial charge in [0.05, 0.1) is 20.5 Å². The lowest BCUT2D eigenvalue weighted by atomic mass is 9.88. The molecule has 4 heteroatoms. The topological polar surface area (TPSA) is 11.4 Å². The SMILES string of the molecule is IC12C=CC=CC1N(c1ccc(N(c3ccccc3)c3ccccc3)cc1)c1ccc3c(c12)c1ccccc1n3-c1ccc(-c2ccccc2)cc1. The summed E-state index contributed by atoms with van der Waals surface area (Å²) in [5, 5.41) is 2.59. The zero-order valence-corrected chi connectivity index (χ0v) is 30.5. The summed E-state index contributed by atoms with van der Waals surface area (Å²) in [6, 6.07) is 63.6. The van der Waals surface area contributed by atoms with E-state index in [4.69, 9.17) is 0 Å². The zero-order valence-electron chi connectivity index (χ0n) is 28.3. The molecule has 1 aliphatic carbocycles. The first-order chi connectivity index (χ1) is 25.7. The first-order valence-electron chi connectivity index (χ1n) is 17.8. The fraction of sp³-hybridized carbons (Fsp3) is 0.0417. The van der Waals surface area contributed by atoms with Gasteiger partial charge in [-0.25, -0.2) is 0 Å². The highest BCUT2D eigenvalue weighted by Crippen LogP contribution is 2.58. The number of para-hydroxylation sites is 3. The average Bonchev–Trinajstić information content (AvgIpc) is 3.69. The fourth-order valence-electron chi connectivity index (χ4n) is 8.27. The molecule has 2 heterocycles. The predicted molar refractivity (Wildman–Crippen MR) is 227 cm³/mol. The molecule has 0 saturated heterocycles. The van der Waals surface area contributed by atoms with Gasteiger partial charge < -0.3 is 14.4 Å². The van der Waals surface area contributed by atoms with Crippen molar-refractivity contribution >= 4 is 72.8 Å². The van der Waals surface area contributed by atoms with E-state index in [-0.39, 0.29) is 9.46 Å². The Balaban J connectivity index is 1.12. The first-order valence-corrected chi connectivity index (χ1v) is 18.8. The second kappa shape index (κ2) is 12.4. The van der Waals surface area contributed by atoms with Gasteiger partial charge in [0, 0.05) is 50.5 Å². The van der Waals surface area contributed by atoms with Crippen LogP contribution in [-0.2, 0) is 3.42 Å². The Bertz CT molecular complexity index is 2590. The molecule has 1 aliphatic heterocycles. The molecule has 2 atom stereocenters. The molecule has 0 radical (unpaired) electrons. The minimum absolute atomic E-state index is 0.121. The van der Waals surface area contributed by atoms with E-state index in [9.17, 15) is 0 Å². The van der Waals surface area contributed by atoms with E-state index < -0.39 is 0 Å². The van der Waals surface area contributed by atoms with Crippen molar-refractivity contribution in [1.82, 2.24) is 4.57 Å². The lowest BCUT2D eigenvalue weighted by molar-refractivity contribution is 0.722. The molecule has 8 aromatic rings. The van der Waals surface area contributed by atoms with Crippen LogP contribution in [0.3, 0.4) is 0 Å². The van der Waals surface area contributed by atoms with Crippen molar-refractivity contribution < 1.29 is 0 Å². The molecule has 0 saturated carbocycles. The van der Waals surface area contributed by atoms with E-state index in [2.05, 4.69) is 237 Å². The van der Waals surface area contributed by atoms with Crippen LogP contribution in [0.4, 0.5) is 28.4 Å². The monoisotopic (exact) mass is 779 g/mol. The van der Waals surface area contributed by atoms with Gasteiger partial charge in [0.1, 0.15) is 0 Å². The van der Waals surface area contributed by atoms with Crippen molar-refractivity contribution in [3.05, 3.63) is 206 Å². The Morgan fingerprint density at radius 2 is 1.08 bits per heavy atom. The smallest absolute Gasteiger partial charge is 0.0922 e. The van der Waals surface area contributed by atoms with Crippen LogP contribution in [0.25, 0.3) is 38.6 Å². The number of benzene rings is 7. The molecule has 3 nitrogen and oxygen atoms in total. The maximum Gasteiger partial charge on any atom is 0.0922 e. The zero-order chi connectivity index (χ0) is 34.6. The molecule has 0 bridgehead atoms. The van der Waals surface area contributed by atoms with Gasteiger partial charge in [0.25, 0.3) is 0 Å². The van der Waals surface area contributed by atoms with E-state index in [1.807, 2.05) is 0 Å². The van der Waals surface area contributed by atoms with Crippen LogP contribution in [0.15, 0.2) is 200 Å². The highest BCUT2D eigenvalue weighted by atomic mass is 127. The van der Waals surface area contributed by atoms with Gasteiger partial charge in [-0.15, -0.1) is 0 Å². The number of alkyl halides is 1. The Labute approximate surface area is 317 Å². The molecule has 7 aromatic carbocycles. The van der Waals surface area contributed by atoms with Crippen molar-refractivity contribution in [2.24, 2.45) is 0 Å². The summed E-state index contributed by atoms with van der Waals surface area (Å²) in [5.41, 5.74) is 13.2. The van der Waals surface area contributed by atoms with E-state index in [1.54, 1.807) is 0 Å². The van der Waals surface area contributed by atoms with Crippen LogP contribution >= 0.6 is 22.6 Å². The summed E-state index contributed by atoms with van der Waals surface area (Å²) in [5.74, 6) is 0. The third kappa shape index (κ3) is 4.85. The molecular weight excluding hydrogens is 745 g/mol. The summed E-state index contributed by atoms with van der Waals surface area (Å²) >= 11 is 2.73. The van der Waals surface area contributed by atoms with Gasteiger partial charge in [-0.2, -0.15) is 0 Å². The average molecular weight is 780 g/mol. The van der Waals surface area contributed by atoms with Crippen LogP contribution < -0.4 is 9.80 Å². The van der Waals surface area contributed by atoms with E-state index in [0.717, 1.165) is 22.7 Å². The summed E-state index contributed by atoms with van der Waals surface area (Å²) in [6.45, 7) is 0. The molecule has 248 valence electrons. The van der Waals surface area contributed by atoms with Crippen molar-refractivity contribution in [2.45, 2.75) is 9.46 Å². The summed E-state index contributed by atoms with van der Waals surface area (Å²) in [4.78, 5) is 4.86. The van der Waals surface area contributed by atoms with Crippen LogP contribution in [0.5, 0.6) is 0 Å². The second-order valence-electron chi connectivity index (χ2n) is 13.5. The van der Waals surface area contributed by atoms with Gasteiger partial charge in [-0.1, -0.05) is 144 Å². The van der Waals surface area contributed by atoms with Gasteiger partial charge >= 0.3 is 0 Å².